The number of rotatable bonds is 8. The van der Waals surface area contributed by atoms with Crippen LogP contribution in [0, 0.1) is 0 Å². The van der Waals surface area contributed by atoms with Crippen LogP contribution in [0.4, 0.5) is 5.82 Å². The lowest BCUT2D eigenvalue weighted by Crippen LogP contribution is -2.12. The molecule has 3 heterocycles. The van der Waals surface area contributed by atoms with Crippen molar-refractivity contribution in [1.82, 2.24) is 14.8 Å². The van der Waals surface area contributed by atoms with E-state index in [0.29, 0.717) is 18.8 Å². The minimum Gasteiger partial charge on any atom is -0.309 e. The molecule has 0 radical (unpaired) electrons. The van der Waals surface area contributed by atoms with Gasteiger partial charge in [-0.2, -0.15) is 5.10 Å². The lowest BCUT2D eigenvalue weighted by atomic mass is 10.1. The average molecular weight is 363 g/mol. The Labute approximate surface area is 150 Å². The first kappa shape index (κ1) is 17.4. The quantitative estimate of drug-likeness (QED) is 0.568. The minimum atomic E-state index is 0.0510. The van der Waals surface area contributed by atoms with E-state index in [4.69, 9.17) is 0 Å². The zero-order valence-electron chi connectivity index (χ0n) is 13.6. The standard InChI is InChI=1S/C17H22N4OS2/c22-17(6-2-1-5-15-8-11-23-24-15)19-16-7-10-21(20-16)13-14-4-3-9-18-12-14/h3-4,7,9-10,12,15H,1-2,5-6,8,11,13H2,(H,19,20,22). The van der Waals surface area contributed by atoms with Crippen molar-refractivity contribution >= 4 is 33.3 Å². The van der Waals surface area contributed by atoms with Gasteiger partial charge >= 0.3 is 0 Å². The van der Waals surface area contributed by atoms with E-state index in [0.717, 1.165) is 23.7 Å². The predicted molar refractivity (Wildman–Crippen MR) is 101 cm³/mol. The van der Waals surface area contributed by atoms with Crippen LogP contribution >= 0.6 is 21.6 Å². The molecule has 3 rings (SSSR count). The molecule has 0 aliphatic carbocycles. The molecular weight excluding hydrogens is 340 g/mol. The van der Waals surface area contributed by atoms with Crippen molar-refractivity contribution in [1.29, 1.82) is 0 Å². The highest BCUT2D eigenvalue weighted by Crippen LogP contribution is 2.39. The Morgan fingerprint density at radius 3 is 3.12 bits per heavy atom. The number of hydrogen-bond donors (Lipinski definition) is 1. The van der Waals surface area contributed by atoms with Crippen LogP contribution in [0.1, 0.15) is 37.7 Å². The third kappa shape index (κ3) is 5.56. The Morgan fingerprint density at radius 2 is 2.33 bits per heavy atom. The largest absolute Gasteiger partial charge is 0.309 e. The summed E-state index contributed by atoms with van der Waals surface area (Å²) in [5.74, 6) is 1.94. The summed E-state index contributed by atoms with van der Waals surface area (Å²) in [6, 6.07) is 5.75. The molecular formula is C17H22N4OS2. The molecule has 1 saturated heterocycles. The minimum absolute atomic E-state index is 0.0510. The molecule has 1 aliphatic heterocycles. The van der Waals surface area contributed by atoms with Crippen LogP contribution in [0.3, 0.4) is 0 Å². The number of unbranched alkanes of at least 4 members (excludes halogenated alkanes) is 1. The van der Waals surface area contributed by atoms with E-state index in [2.05, 4.69) is 15.4 Å². The summed E-state index contributed by atoms with van der Waals surface area (Å²) < 4.78 is 1.81. The van der Waals surface area contributed by atoms with Crippen molar-refractivity contribution < 1.29 is 4.79 Å². The Bertz CT molecular complexity index is 641. The Kier molecular flexibility index (Phi) is 6.60. The molecule has 0 aromatic carbocycles. The van der Waals surface area contributed by atoms with Crippen LogP contribution in [0.15, 0.2) is 36.8 Å². The van der Waals surface area contributed by atoms with Gasteiger partial charge in [0, 0.05) is 42.1 Å². The van der Waals surface area contributed by atoms with Crippen LogP contribution in [0.2, 0.25) is 0 Å². The molecule has 128 valence electrons. The van der Waals surface area contributed by atoms with Crippen LogP contribution in [-0.4, -0.2) is 31.7 Å². The lowest BCUT2D eigenvalue weighted by Gasteiger charge is -2.06. The molecule has 1 aliphatic rings. The molecule has 7 heteroatoms. The fraction of sp³-hybridized carbons (Fsp3) is 0.471. The molecule has 1 amide bonds. The van der Waals surface area contributed by atoms with Crippen LogP contribution in [0.25, 0.3) is 0 Å². The van der Waals surface area contributed by atoms with Gasteiger partial charge < -0.3 is 5.32 Å². The topological polar surface area (TPSA) is 59.8 Å². The predicted octanol–water partition coefficient (Wildman–Crippen LogP) is 3.98. The average Bonchev–Trinajstić information content (AvgIpc) is 3.25. The van der Waals surface area contributed by atoms with Crippen LogP contribution in [0.5, 0.6) is 0 Å². The van der Waals surface area contributed by atoms with Crippen LogP contribution in [-0.2, 0) is 11.3 Å². The van der Waals surface area contributed by atoms with E-state index in [1.807, 2.05) is 56.9 Å². The number of carbonyl (C=O) groups excluding carboxylic acids is 1. The SMILES string of the molecule is O=C(CCCCC1CCSS1)Nc1ccn(Cc2cccnc2)n1. The smallest absolute Gasteiger partial charge is 0.225 e. The van der Waals surface area contributed by atoms with Crippen molar-refractivity contribution in [2.24, 2.45) is 0 Å². The molecule has 1 unspecified atom stereocenters. The molecule has 1 N–H and O–H groups in total. The molecule has 24 heavy (non-hydrogen) atoms. The maximum Gasteiger partial charge on any atom is 0.225 e. The third-order valence-electron chi connectivity index (χ3n) is 3.88. The summed E-state index contributed by atoms with van der Waals surface area (Å²) in [7, 11) is 3.98. The van der Waals surface area contributed by atoms with Crippen molar-refractivity contribution in [2.75, 3.05) is 11.1 Å². The molecule has 0 saturated carbocycles. The highest BCUT2D eigenvalue weighted by Gasteiger charge is 2.15. The van der Waals surface area contributed by atoms with Crippen molar-refractivity contribution in [2.45, 2.75) is 43.9 Å². The first-order chi connectivity index (χ1) is 11.8. The summed E-state index contributed by atoms with van der Waals surface area (Å²) in [4.78, 5) is 16.1. The van der Waals surface area contributed by atoms with Gasteiger partial charge in [0.2, 0.25) is 5.91 Å². The third-order valence-corrected chi connectivity index (χ3v) is 6.89. The van der Waals surface area contributed by atoms with E-state index >= 15 is 0 Å². The van der Waals surface area contributed by atoms with Gasteiger partial charge in [-0.25, -0.2) is 0 Å². The number of nitrogens with zero attached hydrogens (tertiary/aromatic N) is 3. The molecule has 1 atom stereocenters. The van der Waals surface area contributed by atoms with Crippen molar-refractivity contribution in [3.63, 3.8) is 0 Å². The van der Waals surface area contributed by atoms with E-state index in [9.17, 15) is 4.79 Å². The highest BCUT2D eigenvalue weighted by atomic mass is 33.1. The zero-order valence-corrected chi connectivity index (χ0v) is 15.2. The van der Waals surface area contributed by atoms with Gasteiger partial charge in [-0.15, -0.1) is 0 Å². The summed E-state index contributed by atoms with van der Waals surface area (Å²) in [5, 5.41) is 8.06. The molecule has 2 aromatic rings. The second-order valence-corrected chi connectivity index (χ2v) is 8.67. The second-order valence-electron chi connectivity index (χ2n) is 5.88. The first-order valence-corrected chi connectivity index (χ1v) is 10.7. The van der Waals surface area contributed by atoms with Gasteiger partial charge in [0.25, 0.3) is 0 Å². The Morgan fingerprint density at radius 1 is 1.38 bits per heavy atom. The number of anilines is 1. The summed E-state index contributed by atoms with van der Waals surface area (Å²) >= 11 is 0. The summed E-state index contributed by atoms with van der Waals surface area (Å²) in [6.07, 6.45) is 10.6. The number of amides is 1. The first-order valence-electron chi connectivity index (χ1n) is 8.30. The Hall–Kier alpha value is -1.47. The van der Waals surface area contributed by atoms with Gasteiger partial charge in [-0.05, 0) is 30.9 Å². The van der Waals surface area contributed by atoms with Crippen molar-refractivity contribution in [3.05, 3.63) is 42.4 Å². The van der Waals surface area contributed by atoms with Gasteiger partial charge in [0.1, 0.15) is 0 Å². The summed E-state index contributed by atoms with van der Waals surface area (Å²) in [6.45, 7) is 0.654. The molecule has 0 bridgehead atoms. The maximum absolute atomic E-state index is 12.0. The fourth-order valence-corrected chi connectivity index (χ4v) is 5.65. The number of nitrogens with one attached hydrogen (secondary N) is 1. The normalized spacial score (nSPS) is 17.1. The highest BCUT2D eigenvalue weighted by molar-refractivity contribution is 8.77. The van der Waals surface area contributed by atoms with Crippen molar-refractivity contribution in [3.8, 4) is 0 Å². The zero-order chi connectivity index (χ0) is 16.6. The number of aromatic nitrogens is 3. The Balaban J connectivity index is 1.37. The molecule has 1 fully saturated rings. The van der Waals surface area contributed by atoms with Gasteiger partial charge in [-0.3, -0.25) is 14.5 Å². The van der Waals surface area contributed by atoms with Gasteiger partial charge in [-0.1, -0.05) is 34.1 Å². The van der Waals surface area contributed by atoms with Gasteiger partial charge in [0.15, 0.2) is 5.82 Å². The molecule has 2 aromatic heterocycles. The van der Waals surface area contributed by atoms with Gasteiger partial charge in [0.05, 0.1) is 6.54 Å². The number of carbonyl (C=O) groups is 1. The summed E-state index contributed by atoms with van der Waals surface area (Å²) in [5.41, 5.74) is 1.08. The van der Waals surface area contributed by atoms with E-state index in [1.165, 1.54) is 18.6 Å². The monoisotopic (exact) mass is 362 g/mol. The van der Waals surface area contributed by atoms with E-state index in [1.54, 1.807) is 6.20 Å². The molecule has 5 nitrogen and oxygen atoms in total. The number of pyridine rings is 1. The maximum atomic E-state index is 12.0. The second kappa shape index (κ2) is 9.13. The van der Waals surface area contributed by atoms with Crippen LogP contribution < -0.4 is 5.32 Å². The molecule has 0 spiro atoms. The lowest BCUT2D eigenvalue weighted by molar-refractivity contribution is -0.116. The number of hydrogen-bond acceptors (Lipinski definition) is 5. The van der Waals surface area contributed by atoms with E-state index in [-0.39, 0.29) is 5.91 Å². The fourth-order valence-electron chi connectivity index (χ4n) is 2.62. The van der Waals surface area contributed by atoms with E-state index < -0.39 is 0 Å².